The molecule has 0 spiro atoms. The zero-order valence-corrected chi connectivity index (χ0v) is 16.8. The van der Waals surface area contributed by atoms with E-state index < -0.39 is 17.9 Å². The van der Waals surface area contributed by atoms with Gasteiger partial charge in [-0.25, -0.2) is 14.8 Å². The van der Waals surface area contributed by atoms with Gasteiger partial charge in [0.2, 0.25) is 0 Å². The first-order valence-electron chi connectivity index (χ1n) is 8.95. The van der Waals surface area contributed by atoms with Crippen molar-refractivity contribution >= 4 is 49.6 Å². The summed E-state index contributed by atoms with van der Waals surface area (Å²) in [7, 11) is 0. The van der Waals surface area contributed by atoms with Crippen LogP contribution in [0.25, 0.3) is 21.8 Å². The summed E-state index contributed by atoms with van der Waals surface area (Å²) in [4.78, 5) is 33.8. The Balaban J connectivity index is 1.75. The molecule has 4 rings (SSSR count). The monoisotopic (exact) mass is 449 g/mol. The van der Waals surface area contributed by atoms with Crippen molar-refractivity contribution in [3.8, 4) is 0 Å². The van der Waals surface area contributed by atoms with Crippen molar-refractivity contribution in [1.29, 1.82) is 0 Å². The molecule has 4 aromatic rings. The number of hydrogen-bond acceptors (Lipinski definition) is 4. The highest BCUT2D eigenvalue weighted by Crippen LogP contribution is 2.26. The van der Waals surface area contributed by atoms with Gasteiger partial charge in [-0.2, -0.15) is 0 Å². The molecular formula is C22H16BrN3O3. The van der Waals surface area contributed by atoms with Gasteiger partial charge >= 0.3 is 5.97 Å². The Kier molecular flexibility index (Phi) is 5.22. The Bertz CT molecular complexity index is 1190. The average molecular weight is 450 g/mol. The van der Waals surface area contributed by atoms with Gasteiger partial charge in [-0.1, -0.05) is 42.5 Å². The van der Waals surface area contributed by atoms with Crippen LogP contribution in [0.1, 0.15) is 15.9 Å². The standard InChI is InChI=1S/C22H16BrN3O3/c23-20-13(6-5-11-24-20)12-18(22(28)29)26-21(27)19-14-7-1-3-9-16(14)25-17-10-4-2-8-15(17)19/h1-11,18H,12H2,(H,26,27)(H,28,29)/t18-/m0/s1. The van der Waals surface area contributed by atoms with E-state index in [9.17, 15) is 14.7 Å². The van der Waals surface area contributed by atoms with Crippen LogP contribution in [0.5, 0.6) is 0 Å². The molecule has 2 N–H and O–H groups in total. The highest BCUT2D eigenvalue weighted by molar-refractivity contribution is 9.10. The summed E-state index contributed by atoms with van der Waals surface area (Å²) in [6, 6.07) is 17.1. The van der Waals surface area contributed by atoms with E-state index in [1.165, 1.54) is 0 Å². The molecule has 0 saturated carbocycles. The first-order chi connectivity index (χ1) is 14.0. The molecule has 29 heavy (non-hydrogen) atoms. The Morgan fingerprint density at radius 3 is 2.17 bits per heavy atom. The zero-order chi connectivity index (χ0) is 20.4. The van der Waals surface area contributed by atoms with Gasteiger partial charge in [-0.05, 0) is 39.7 Å². The number of aliphatic carboxylic acids is 1. The molecule has 0 aliphatic rings. The molecule has 7 heteroatoms. The van der Waals surface area contributed by atoms with E-state index in [-0.39, 0.29) is 6.42 Å². The summed E-state index contributed by atoms with van der Waals surface area (Å²) in [5.74, 6) is -1.57. The molecule has 0 bridgehead atoms. The van der Waals surface area contributed by atoms with E-state index in [2.05, 4.69) is 31.2 Å². The first-order valence-corrected chi connectivity index (χ1v) is 9.74. The van der Waals surface area contributed by atoms with Crippen molar-refractivity contribution in [1.82, 2.24) is 15.3 Å². The summed E-state index contributed by atoms with van der Waals surface area (Å²) in [5.41, 5.74) is 2.48. The summed E-state index contributed by atoms with van der Waals surface area (Å²) in [6.07, 6.45) is 1.72. The van der Waals surface area contributed by atoms with Gasteiger partial charge in [-0.3, -0.25) is 4.79 Å². The molecule has 0 aliphatic heterocycles. The molecule has 2 aromatic heterocycles. The second kappa shape index (κ2) is 7.97. The Labute approximate surface area is 174 Å². The number of nitrogens with zero attached hydrogens (tertiary/aromatic N) is 2. The van der Waals surface area contributed by atoms with Crippen molar-refractivity contribution in [2.24, 2.45) is 0 Å². The second-order valence-corrected chi connectivity index (χ2v) is 7.29. The summed E-state index contributed by atoms with van der Waals surface area (Å²) < 4.78 is 0.556. The van der Waals surface area contributed by atoms with Crippen LogP contribution in [-0.4, -0.2) is 33.0 Å². The van der Waals surface area contributed by atoms with Crippen LogP contribution < -0.4 is 5.32 Å². The molecule has 2 aromatic carbocycles. The molecule has 1 atom stereocenters. The van der Waals surface area contributed by atoms with Crippen LogP contribution in [0, 0.1) is 0 Å². The van der Waals surface area contributed by atoms with Crippen molar-refractivity contribution < 1.29 is 14.7 Å². The van der Waals surface area contributed by atoms with E-state index in [1.54, 1.807) is 18.3 Å². The predicted octanol–water partition coefficient (Wildman–Crippen LogP) is 3.97. The van der Waals surface area contributed by atoms with E-state index in [0.29, 0.717) is 37.5 Å². The highest BCUT2D eigenvalue weighted by Gasteiger charge is 2.24. The smallest absolute Gasteiger partial charge is 0.326 e. The van der Waals surface area contributed by atoms with E-state index >= 15 is 0 Å². The molecular weight excluding hydrogens is 434 g/mol. The number of carbonyl (C=O) groups excluding carboxylic acids is 1. The van der Waals surface area contributed by atoms with E-state index in [0.717, 1.165) is 0 Å². The molecule has 6 nitrogen and oxygen atoms in total. The highest BCUT2D eigenvalue weighted by atomic mass is 79.9. The SMILES string of the molecule is O=C(N[C@@H](Cc1cccnc1Br)C(=O)O)c1c2ccccc2nc2ccccc12. The van der Waals surface area contributed by atoms with Gasteiger partial charge < -0.3 is 10.4 Å². The number of carboxylic acid groups (broad SMARTS) is 1. The molecule has 1 amide bonds. The van der Waals surface area contributed by atoms with Crippen LogP contribution in [0.15, 0.2) is 71.5 Å². The molecule has 2 heterocycles. The third kappa shape index (κ3) is 3.82. The first kappa shape index (κ1) is 19.0. The fourth-order valence-electron chi connectivity index (χ4n) is 3.31. The molecule has 0 unspecified atom stereocenters. The van der Waals surface area contributed by atoms with Gasteiger partial charge in [0, 0.05) is 23.4 Å². The maximum Gasteiger partial charge on any atom is 0.326 e. The minimum Gasteiger partial charge on any atom is -0.480 e. The summed E-state index contributed by atoms with van der Waals surface area (Å²) >= 11 is 3.33. The number of hydrogen-bond donors (Lipinski definition) is 2. The maximum absolute atomic E-state index is 13.2. The predicted molar refractivity (Wildman–Crippen MR) is 114 cm³/mol. The van der Waals surface area contributed by atoms with Crippen LogP contribution in [0.2, 0.25) is 0 Å². The average Bonchev–Trinajstić information content (AvgIpc) is 2.72. The lowest BCUT2D eigenvalue weighted by Crippen LogP contribution is -2.42. The normalized spacial score (nSPS) is 12.0. The Hall–Kier alpha value is -3.32. The lowest BCUT2D eigenvalue weighted by atomic mass is 10.0. The number of amides is 1. The molecule has 0 fully saturated rings. The van der Waals surface area contributed by atoms with E-state index in [4.69, 9.17) is 0 Å². The Morgan fingerprint density at radius 2 is 1.59 bits per heavy atom. The number of fused-ring (bicyclic) bond motifs is 2. The third-order valence-electron chi connectivity index (χ3n) is 4.68. The number of nitrogens with one attached hydrogen (secondary N) is 1. The largest absolute Gasteiger partial charge is 0.480 e. The van der Waals surface area contributed by atoms with Crippen LogP contribution in [0.4, 0.5) is 0 Å². The van der Waals surface area contributed by atoms with Crippen molar-refractivity contribution in [2.45, 2.75) is 12.5 Å². The van der Waals surface area contributed by atoms with Gasteiger partial charge in [0.05, 0.1) is 16.6 Å². The number of rotatable bonds is 5. The number of aromatic nitrogens is 2. The summed E-state index contributed by atoms with van der Waals surface area (Å²) in [6.45, 7) is 0. The lowest BCUT2D eigenvalue weighted by molar-refractivity contribution is -0.139. The van der Waals surface area contributed by atoms with Crippen molar-refractivity contribution in [3.63, 3.8) is 0 Å². The van der Waals surface area contributed by atoms with Crippen LogP contribution in [0.3, 0.4) is 0 Å². The van der Waals surface area contributed by atoms with Crippen LogP contribution in [-0.2, 0) is 11.2 Å². The Morgan fingerprint density at radius 1 is 0.966 bits per heavy atom. The van der Waals surface area contributed by atoms with Crippen molar-refractivity contribution in [3.05, 3.63) is 82.6 Å². The number of pyridine rings is 2. The number of carbonyl (C=O) groups is 2. The molecule has 0 aliphatic carbocycles. The number of benzene rings is 2. The topological polar surface area (TPSA) is 92.2 Å². The van der Waals surface area contributed by atoms with Crippen molar-refractivity contribution in [2.75, 3.05) is 0 Å². The quantitative estimate of drug-likeness (QED) is 0.355. The fourth-order valence-corrected chi connectivity index (χ4v) is 3.72. The minimum absolute atomic E-state index is 0.108. The third-order valence-corrected chi connectivity index (χ3v) is 5.39. The molecule has 0 saturated heterocycles. The van der Waals surface area contributed by atoms with Gasteiger partial charge in [0.25, 0.3) is 5.91 Å². The number of carboxylic acids is 1. The molecule has 144 valence electrons. The maximum atomic E-state index is 13.2. The molecule has 0 radical (unpaired) electrons. The van der Waals surface area contributed by atoms with Gasteiger partial charge in [0.15, 0.2) is 0 Å². The fraction of sp³-hybridized carbons (Fsp3) is 0.0909. The second-order valence-electron chi connectivity index (χ2n) is 6.54. The van der Waals surface area contributed by atoms with E-state index in [1.807, 2.05) is 48.5 Å². The minimum atomic E-state index is -1.11. The van der Waals surface area contributed by atoms with Crippen LogP contribution >= 0.6 is 15.9 Å². The number of para-hydroxylation sites is 2. The number of halogens is 1. The van der Waals surface area contributed by atoms with Gasteiger partial charge in [-0.15, -0.1) is 0 Å². The zero-order valence-electron chi connectivity index (χ0n) is 15.2. The lowest BCUT2D eigenvalue weighted by Gasteiger charge is -2.17. The van der Waals surface area contributed by atoms with Gasteiger partial charge in [0.1, 0.15) is 10.6 Å². The summed E-state index contributed by atoms with van der Waals surface area (Å²) in [5, 5.41) is 13.7.